The molecule has 0 bridgehead atoms. The molecule has 1 N–H and O–H groups in total. The average molecular weight is 235 g/mol. The maximum Gasteiger partial charge on any atom is 0.0518 e. The predicted molar refractivity (Wildman–Crippen MR) is 67.4 cm³/mol. The van der Waals surface area contributed by atoms with Gasteiger partial charge >= 0.3 is 0 Å². The summed E-state index contributed by atoms with van der Waals surface area (Å²) in [5.41, 5.74) is 1.22. The zero-order chi connectivity index (χ0) is 11.4. The summed E-state index contributed by atoms with van der Waals surface area (Å²) in [5, 5.41) is 9.86. The maximum atomic E-state index is 4.16. The van der Waals surface area contributed by atoms with Gasteiger partial charge in [0.2, 0.25) is 0 Å². The number of hydrogen-bond donors (Lipinski definition) is 1. The summed E-state index contributed by atoms with van der Waals surface area (Å²) in [4.78, 5) is 1.41. The van der Waals surface area contributed by atoms with Crippen molar-refractivity contribution >= 4 is 11.3 Å². The van der Waals surface area contributed by atoms with E-state index in [1.54, 1.807) is 0 Å². The lowest BCUT2D eigenvalue weighted by Crippen LogP contribution is -2.20. The first-order chi connectivity index (χ1) is 7.81. The van der Waals surface area contributed by atoms with Crippen molar-refractivity contribution in [2.75, 3.05) is 0 Å². The fourth-order valence-electron chi connectivity index (χ4n) is 1.74. The van der Waals surface area contributed by atoms with Gasteiger partial charge in [0.25, 0.3) is 0 Å². The van der Waals surface area contributed by atoms with E-state index < -0.39 is 0 Å². The topological polar surface area (TPSA) is 29.9 Å². The zero-order valence-electron chi connectivity index (χ0n) is 9.68. The number of aryl methyl sites for hydroxylation is 1. The minimum atomic E-state index is 0.454. The molecular weight excluding hydrogens is 218 g/mol. The van der Waals surface area contributed by atoms with Crippen molar-refractivity contribution in [3.8, 4) is 0 Å². The molecule has 16 heavy (non-hydrogen) atoms. The fourth-order valence-corrected chi connectivity index (χ4v) is 2.62. The second kappa shape index (κ2) is 5.27. The van der Waals surface area contributed by atoms with Gasteiger partial charge in [-0.1, -0.05) is 13.0 Å². The van der Waals surface area contributed by atoms with Crippen molar-refractivity contribution in [2.45, 2.75) is 25.9 Å². The standard InChI is InChI=1S/C12H17N3S/c1-3-11(12-5-4-8-16-12)13-9-10-6-7-14-15(10)2/h4-8,11,13H,3,9H2,1-2H3. The third-order valence-electron chi connectivity index (χ3n) is 2.75. The van der Waals surface area contributed by atoms with Crippen molar-refractivity contribution in [1.29, 1.82) is 0 Å². The molecule has 0 aliphatic carbocycles. The average Bonchev–Trinajstić information content (AvgIpc) is 2.92. The molecule has 0 spiro atoms. The Balaban J connectivity index is 1.96. The van der Waals surface area contributed by atoms with Crippen LogP contribution in [0.25, 0.3) is 0 Å². The number of rotatable bonds is 5. The number of thiophene rings is 1. The van der Waals surface area contributed by atoms with Gasteiger partial charge < -0.3 is 5.32 Å². The SMILES string of the molecule is CCC(NCc1ccnn1C)c1cccs1. The van der Waals surface area contributed by atoms with Gasteiger partial charge in [-0.05, 0) is 23.9 Å². The van der Waals surface area contributed by atoms with Crippen LogP contribution in [0.4, 0.5) is 0 Å². The Morgan fingerprint density at radius 3 is 2.94 bits per heavy atom. The lowest BCUT2D eigenvalue weighted by atomic mass is 10.2. The molecular formula is C12H17N3S. The van der Waals surface area contributed by atoms with Crippen LogP contribution in [0.5, 0.6) is 0 Å². The van der Waals surface area contributed by atoms with Crippen LogP contribution in [0, 0.1) is 0 Å². The lowest BCUT2D eigenvalue weighted by Gasteiger charge is -2.15. The van der Waals surface area contributed by atoms with Gasteiger partial charge in [0.05, 0.1) is 5.69 Å². The lowest BCUT2D eigenvalue weighted by molar-refractivity contribution is 0.509. The first kappa shape index (κ1) is 11.4. The summed E-state index contributed by atoms with van der Waals surface area (Å²) in [6.45, 7) is 3.08. The van der Waals surface area contributed by atoms with Crippen LogP contribution in [0.1, 0.15) is 30.0 Å². The van der Waals surface area contributed by atoms with Gasteiger partial charge in [-0.25, -0.2) is 0 Å². The quantitative estimate of drug-likeness (QED) is 0.863. The van der Waals surface area contributed by atoms with Crippen molar-refractivity contribution in [2.24, 2.45) is 7.05 Å². The first-order valence-electron chi connectivity index (χ1n) is 5.55. The molecule has 2 rings (SSSR count). The number of hydrogen-bond acceptors (Lipinski definition) is 3. The van der Waals surface area contributed by atoms with Gasteiger partial charge in [0.1, 0.15) is 0 Å². The highest BCUT2D eigenvalue weighted by atomic mass is 32.1. The molecule has 0 radical (unpaired) electrons. The van der Waals surface area contributed by atoms with Gasteiger partial charge in [-0.15, -0.1) is 11.3 Å². The Bertz CT molecular complexity index is 419. The molecule has 4 heteroatoms. The van der Waals surface area contributed by atoms with Crippen LogP contribution in [0.3, 0.4) is 0 Å². The van der Waals surface area contributed by atoms with E-state index in [-0.39, 0.29) is 0 Å². The van der Waals surface area contributed by atoms with E-state index in [0.29, 0.717) is 6.04 Å². The second-order valence-corrected chi connectivity index (χ2v) is 4.78. The van der Waals surface area contributed by atoms with E-state index in [2.05, 4.69) is 34.9 Å². The van der Waals surface area contributed by atoms with Crippen molar-refractivity contribution in [3.05, 3.63) is 40.3 Å². The van der Waals surface area contributed by atoms with Gasteiger partial charge in [-0.2, -0.15) is 5.10 Å². The summed E-state index contributed by atoms with van der Waals surface area (Å²) in [6.07, 6.45) is 2.95. The van der Waals surface area contributed by atoms with Crippen molar-refractivity contribution in [3.63, 3.8) is 0 Å². The molecule has 0 saturated carbocycles. The van der Waals surface area contributed by atoms with Crippen LogP contribution >= 0.6 is 11.3 Å². The minimum absolute atomic E-state index is 0.454. The Labute approximate surface area is 100 Å². The van der Waals surface area contributed by atoms with Crippen LogP contribution in [0.15, 0.2) is 29.8 Å². The third kappa shape index (κ3) is 2.51. The minimum Gasteiger partial charge on any atom is -0.304 e. The number of nitrogens with zero attached hydrogens (tertiary/aromatic N) is 2. The molecule has 0 fully saturated rings. The largest absolute Gasteiger partial charge is 0.304 e. The van der Waals surface area contributed by atoms with Crippen LogP contribution in [-0.2, 0) is 13.6 Å². The van der Waals surface area contributed by atoms with Crippen LogP contribution in [-0.4, -0.2) is 9.78 Å². The summed E-state index contributed by atoms with van der Waals surface area (Å²) >= 11 is 1.81. The Morgan fingerprint density at radius 2 is 2.38 bits per heavy atom. The molecule has 2 heterocycles. The summed E-state index contributed by atoms with van der Waals surface area (Å²) in [6, 6.07) is 6.80. The summed E-state index contributed by atoms with van der Waals surface area (Å²) in [5.74, 6) is 0. The van der Waals surface area contributed by atoms with E-state index in [9.17, 15) is 0 Å². The Morgan fingerprint density at radius 1 is 1.50 bits per heavy atom. The van der Waals surface area contributed by atoms with E-state index >= 15 is 0 Å². The van der Waals surface area contributed by atoms with E-state index in [1.807, 2.05) is 35.3 Å². The van der Waals surface area contributed by atoms with Crippen molar-refractivity contribution in [1.82, 2.24) is 15.1 Å². The molecule has 1 unspecified atom stereocenters. The Hall–Kier alpha value is -1.13. The molecule has 86 valence electrons. The van der Waals surface area contributed by atoms with Gasteiger partial charge in [0, 0.05) is 30.7 Å². The molecule has 0 amide bonds. The highest BCUT2D eigenvalue weighted by Gasteiger charge is 2.10. The molecule has 2 aromatic heterocycles. The summed E-state index contributed by atoms with van der Waals surface area (Å²) < 4.78 is 1.91. The fraction of sp³-hybridized carbons (Fsp3) is 0.417. The molecule has 1 atom stereocenters. The monoisotopic (exact) mass is 235 g/mol. The Kier molecular flexibility index (Phi) is 3.74. The zero-order valence-corrected chi connectivity index (χ0v) is 10.5. The molecule has 2 aromatic rings. The summed E-state index contributed by atoms with van der Waals surface area (Å²) in [7, 11) is 1.98. The number of nitrogens with one attached hydrogen (secondary N) is 1. The smallest absolute Gasteiger partial charge is 0.0518 e. The van der Waals surface area contributed by atoms with E-state index in [4.69, 9.17) is 0 Å². The van der Waals surface area contributed by atoms with Crippen LogP contribution < -0.4 is 5.32 Å². The number of aromatic nitrogens is 2. The van der Waals surface area contributed by atoms with E-state index in [1.165, 1.54) is 10.6 Å². The molecule has 0 aliphatic heterocycles. The highest BCUT2D eigenvalue weighted by Crippen LogP contribution is 2.21. The first-order valence-corrected chi connectivity index (χ1v) is 6.43. The second-order valence-electron chi connectivity index (χ2n) is 3.80. The molecule has 3 nitrogen and oxygen atoms in total. The van der Waals surface area contributed by atoms with E-state index in [0.717, 1.165) is 13.0 Å². The van der Waals surface area contributed by atoms with Gasteiger partial charge in [-0.3, -0.25) is 4.68 Å². The normalized spacial score (nSPS) is 12.9. The predicted octanol–water partition coefficient (Wildman–Crippen LogP) is 2.72. The van der Waals surface area contributed by atoms with Crippen LogP contribution in [0.2, 0.25) is 0 Å². The van der Waals surface area contributed by atoms with Crippen molar-refractivity contribution < 1.29 is 0 Å². The maximum absolute atomic E-state index is 4.16. The third-order valence-corrected chi connectivity index (χ3v) is 3.73. The molecule has 0 aromatic carbocycles. The van der Waals surface area contributed by atoms with Gasteiger partial charge in [0.15, 0.2) is 0 Å². The molecule has 0 aliphatic rings. The molecule has 0 saturated heterocycles. The highest BCUT2D eigenvalue weighted by molar-refractivity contribution is 7.10.